The van der Waals surface area contributed by atoms with E-state index in [1.807, 2.05) is 0 Å². The molecular formula is C23H27F3N4. The molecule has 5 rings (SSSR count). The molecule has 30 heavy (non-hydrogen) atoms. The Morgan fingerprint density at radius 3 is 2.30 bits per heavy atom. The molecule has 7 heteroatoms. The minimum Gasteiger partial charge on any atom is -0.366 e. The Kier molecular flexibility index (Phi) is 5.39. The van der Waals surface area contributed by atoms with Gasteiger partial charge in [0, 0.05) is 36.8 Å². The molecule has 160 valence electrons. The van der Waals surface area contributed by atoms with Crippen molar-refractivity contribution in [2.45, 2.75) is 57.0 Å². The smallest absolute Gasteiger partial charge is 0.168 e. The van der Waals surface area contributed by atoms with Crippen molar-refractivity contribution in [1.82, 2.24) is 15.1 Å². The third-order valence-electron chi connectivity index (χ3n) is 7.16. The fraction of sp³-hybridized carbons (Fsp3) is 0.565. The number of likely N-dealkylation sites (tertiary alicyclic amines) is 1. The van der Waals surface area contributed by atoms with Crippen LogP contribution in [0.25, 0.3) is 11.3 Å². The quantitative estimate of drug-likeness (QED) is 0.711. The van der Waals surface area contributed by atoms with Crippen LogP contribution >= 0.6 is 0 Å². The van der Waals surface area contributed by atoms with Crippen LogP contribution in [0, 0.1) is 29.3 Å². The lowest BCUT2D eigenvalue weighted by molar-refractivity contribution is 0.177. The molecule has 4 nitrogen and oxygen atoms in total. The molecular weight excluding hydrogens is 389 g/mol. The molecule has 0 bridgehead atoms. The van der Waals surface area contributed by atoms with Crippen molar-refractivity contribution in [2.24, 2.45) is 11.8 Å². The van der Waals surface area contributed by atoms with E-state index < -0.39 is 17.5 Å². The van der Waals surface area contributed by atoms with Crippen LogP contribution in [0.15, 0.2) is 24.3 Å². The highest BCUT2D eigenvalue weighted by Gasteiger charge is 2.42. The van der Waals surface area contributed by atoms with Crippen molar-refractivity contribution in [3.8, 4) is 11.3 Å². The SMILES string of the molecule is Fc1cc(F)c(F)c(-c2ccc(N[C@H]3C[C@@H]4CN(C5CCCCC5)C[C@@H]4C3)nn2)c1. The van der Waals surface area contributed by atoms with Crippen molar-refractivity contribution >= 4 is 5.82 Å². The van der Waals surface area contributed by atoms with Crippen molar-refractivity contribution < 1.29 is 13.2 Å². The van der Waals surface area contributed by atoms with Gasteiger partial charge in [-0.1, -0.05) is 19.3 Å². The number of fused-ring (bicyclic) bond motifs is 1. The molecule has 2 saturated carbocycles. The predicted octanol–water partition coefficient (Wildman–Crippen LogP) is 5.02. The van der Waals surface area contributed by atoms with Crippen molar-refractivity contribution in [3.63, 3.8) is 0 Å². The highest BCUT2D eigenvalue weighted by molar-refractivity contribution is 5.60. The van der Waals surface area contributed by atoms with Crippen LogP contribution in [0.3, 0.4) is 0 Å². The zero-order chi connectivity index (χ0) is 20.7. The molecule has 0 unspecified atom stereocenters. The van der Waals surface area contributed by atoms with Gasteiger partial charge in [-0.25, -0.2) is 13.2 Å². The standard InChI is InChI=1S/C23H27F3N4/c24-16-10-19(23(26)20(25)11-16)21-6-7-22(29-28-21)27-17-8-14-12-30(13-15(14)9-17)18-4-2-1-3-5-18/h6-7,10-11,14-15,17-18H,1-5,8-9,12-13H2,(H,27,29)/t14-,15+,17+. The van der Waals surface area contributed by atoms with Crippen LogP contribution < -0.4 is 5.32 Å². The summed E-state index contributed by atoms with van der Waals surface area (Å²) in [6.07, 6.45) is 9.12. The van der Waals surface area contributed by atoms with Gasteiger partial charge in [0.25, 0.3) is 0 Å². The molecule has 1 saturated heterocycles. The molecule has 3 fully saturated rings. The van der Waals surface area contributed by atoms with Crippen LogP contribution in [0.5, 0.6) is 0 Å². The van der Waals surface area contributed by atoms with Gasteiger partial charge in [-0.05, 0) is 55.7 Å². The first-order valence-corrected chi connectivity index (χ1v) is 11.1. The third-order valence-corrected chi connectivity index (χ3v) is 7.16. The molecule has 0 spiro atoms. The van der Waals surface area contributed by atoms with Gasteiger partial charge in [-0.3, -0.25) is 4.90 Å². The first kappa shape index (κ1) is 19.8. The number of rotatable bonds is 4. The highest BCUT2D eigenvalue weighted by atomic mass is 19.2. The summed E-state index contributed by atoms with van der Waals surface area (Å²) in [6, 6.07) is 5.86. The Hall–Kier alpha value is -2.15. The second kappa shape index (κ2) is 8.17. The third kappa shape index (κ3) is 3.92. The summed E-state index contributed by atoms with van der Waals surface area (Å²) in [5.74, 6) is -1.09. The van der Waals surface area contributed by atoms with Gasteiger partial charge in [-0.15, -0.1) is 10.2 Å². The summed E-state index contributed by atoms with van der Waals surface area (Å²) in [4.78, 5) is 2.73. The van der Waals surface area contributed by atoms with Gasteiger partial charge in [0.1, 0.15) is 11.6 Å². The topological polar surface area (TPSA) is 41.0 Å². The van der Waals surface area contributed by atoms with E-state index >= 15 is 0 Å². The average Bonchev–Trinajstić information content (AvgIpc) is 3.31. The fourth-order valence-electron chi connectivity index (χ4n) is 5.70. The minimum atomic E-state index is -1.23. The number of aromatic nitrogens is 2. The average molecular weight is 416 g/mol. The van der Waals surface area contributed by atoms with E-state index in [1.54, 1.807) is 12.1 Å². The number of anilines is 1. The van der Waals surface area contributed by atoms with Crippen molar-refractivity contribution in [1.29, 1.82) is 0 Å². The van der Waals surface area contributed by atoms with E-state index in [-0.39, 0.29) is 11.3 Å². The van der Waals surface area contributed by atoms with Gasteiger partial charge >= 0.3 is 0 Å². The molecule has 1 N–H and O–H groups in total. The van der Waals surface area contributed by atoms with E-state index in [4.69, 9.17) is 0 Å². The normalized spacial score (nSPS) is 27.4. The summed E-state index contributed by atoms with van der Waals surface area (Å²) in [5.41, 5.74) is -0.104. The van der Waals surface area contributed by atoms with E-state index in [0.29, 0.717) is 17.9 Å². The number of nitrogens with zero attached hydrogens (tertiary/aromatic N) is 3. The Labute approximate surface area is 174 Å². The summed E-state index contributed by atoms with van der Waals surface area (Å²) in [5, 5.41) is 11.5. The van der Waals surface area contributed by atoms with Gasteiger partial charge < -0.3 is 5.32 Å². The first-order chi connectivity index (χ1) is 14.6. The minimum absolute atomic E-state index is 0.114. The number of nitrogens with one attached hydrogen (secondary N) is 1. The highest BCUT2D eigenvalue weighted by Crippen LogP contribution is 2.41. The fourth-order valence-corrected chi connectivity index (χ4v) is 5.70. The Morgan fingerprint density at radius 1 is 0.900 bits per heavy atom. The molecule has 2 aliphatic carbocycles. The van der Waals surface area contributed by atoms with E-state index in [2.05, 4.69) is 20.4 Å². The maximum absolute atomic E-state index is 14.0. The molecule has 2 aromatic rings. The summed E-state index contributed by atoms with van der Waals surface area (Å²) in [6.45, 7) is 2.42. The molecule has 1 aromatic heterocycles. The second-order valence-electron chi connectivity index (χ2n) is 9.13. The van der Waals surface area contributed by atoms with Gasteiger partial charge in [0.15, 0.2) is 11.6 Å². The van der Waals surface area contributed by atoms with E-state index in [1.165, 1.54) is 45.2 Å². The number of benzene rings is 1. The maximum atomic E-state index is 14.0. The molecule has 1 aliphatic heterocycles. The molecule has 3 aliphatic rings. The summed E-state index contributed by atoms with van der Waals surface area (Å²) in [7, 11) is 0. The zero-order valence-electron chi connectivity index (χ0n) is 17.0. The first-order valence-electron chi connectivity index (χ1n) is 11.1. The number of hydrogen-bond acceptors (Lipinski definition) is 4. The van der Waals surface area contributed by atoms with Crippen LogP contribution in [0.2, 0.25) is 0 Å². The maximum Gasteiger partial charge on any atom is 0.168 e. The monoisotopic (exact) mass is 416 g/mol. The molecule has 2 heterocycles. The molecule has 3 atom stereocenters. The summed E-state index contributed by atoms with van der Waals surface area (Å²) < 4.78 is 40.9. The lowest BCUT2D eigenvalue weighted by Crippen LogP contribution is -2.36. The second-order valence-corrected chi connectivity index (χ2v) is 9.13. The number of hydrogen-bond donors (Lipinski definition) is 1. The Bertz CT molecular complexity index is 884. The van der Waals surface area contributed by atoms with Crippen LogP contribution in [0.4, 0.5) is 19.0 Å². The van der Waals surface area contributed by atoms with Crippen LogP contribution in [-0.4, -0.2) is 40.3 Å². The Balaban J connectivity index is 1.19. The largest absolute Gasteiger partial charge is 0.366 e. The Morgan fingerprint density at radius 2 is 1.63 bits per heavy atom. The van der Waals surface area contributed by atoms with E-state index in [0.717, 1.165) is 36.8 Å². The lowest BCUT2D eigenvalue weighted by atomic mass is 9.94. The van der Waals surface area contributed by atoms with Crippen LogP contribution in [0.1, 0.15) is 44.9 Å². The van der Waals surface area contributed by atoms with Gasteiger partial charge in [-0.2, -0.15) is 0 Å². The predicted molar refractivity (Wildman–Crippen MR) is 109 cm³/mol. The molecule has 0 radical (unpaired) electrons. The van der Waals surface area contributed by atoms with Gasteiger partial charge in [0.05, 0.1) is 5.69 Å². The van der Waals surface area contributed by atoms with Crippen molar-refractivity contribution in [3.05, 3.63) is 41.7 Å². The van der Waals surface area contributed by atoms with Crippen LogP contribution in [-0.2, 0) is 0 Å². The molecule has 0 amide bonds. The van der Waals surface area contributed by atoms with E-state index in [9.17, 15) is 13.2 Å². The number of halogens is 3. The summed E-state index contributed by atoms with van der Waals surface area (Å²) >= 11 is 0. The molecule has 1 aromatic carbocycles. The van der Waals surface area contributed by atoms with Gasteiger partial charge in [0.2, 0.25) is 0 Å². The lowest BCUT2D eigenvalue weighted by Gasteiger charge is -2.32. The zero-order valence-corrected chi connectivity index (χ0v) is 17.0. The van der Waals surface area contributed by atoms with Crippen molar-refractivity contribution in [2.75, 3.05) is 18.4 Å².